The van der Waals surface area contributed by atoms with Crippen LogP contribution in [0.1, 0.15) is 38.5 Å². The standard InChI is InChI=1S/C12H20N2O3/c15-11(13-9-3-1-2-4-9)7-14(8-12(16)17)10-5-6-10/h9-10H,1-8H2,(H,13,15)(H,16,17). The minimum atomic E-state index is -0.856. The second-order valence-electron chi connectivity index (χ2n) is 5.08. The van der Waals surface area contributed by atoms with Crippen LogP contribution in [0.4, 0.5) is 0 Å². The zero-order valence-corrected chi connectivity index (χ0v) is 10.0. The maximum Gasteiger partial charge on any atom is 0.317 e. The molecule has 2 rings (SSSR count). The first-order valence-electron chi connectivity index (χ1n) is 6.40. The van der Waals surface area contributed by atoms with Gasteiger partial charge in [-0.15, -0.1) is 0 Å². The number of hydrogen-bond acceptors (Lipinski definition) is 3. The summed E-state index contributed by atoms with van der Waals surface area (Å²) in [7, 11) is 0. The number of hydrogen-bond donors (Lipinski definition) is 2. The Labute approximate surface area is 101 Å². The molecule has 2 aliphatic rings. The summed E-state index contributed by atoms with van der Waals surface area (Å²) in [6, 6.07) is 0.619. The Kier molecular flexibility index (Phi) is 3.99. The molecule has 0 saturated heterocycles. The van der Waals surface area contributed by atoms with E-state index in [1.165, 1.54) is 12.8 Å². The van der Waals surface area contributed by atoms with Gasteiger partial charge in [0, 0.05) is 12.1 Å². The van der Waals surface area contributed by atoms with Gasteiger partial charge >= 0.3 is 5.97 Å². The lowest BCUT2D eigenvalue weighted by atomic mass is 10.2. The Hall–Kier alpha value is -1.10. The van der Waals surface area contributed by atoms with Crippen molar-refractivity contribution >= 4 is 11.9 Å². The first kappa shape index (κ1) is 12.4. The Morgan fingerprint density at radius 2 is 1.76 bits per heavy atom. The van der Waals surface area contributed by atoms with E-state index in [-0.39, 0.29) is 19.0 Å². The van der Waals surface area contributed by atoms with Crippen LogP contribution < -0.4 is 5.32 Å². The number of amides is 1. The maximum atomic E-state index is 11.8. The summed E-state index contributed by atoms with van der Waals surface area (Å²) in [6.07, 6.45) is 6.54. The van der Waals surface area contributed by atoms with Gasteiger partial charge in [-0.1, -0.05) is 12.8 Å². The topological polar surface area (TPSA) is 69.6 Å². The van der Waals surface area contributed by atoms with E-state index in [0.717, 1.165) is 25.7 Å². The largest absolute Gasteiger partial charge is 0.480 e. The van der Waals surface area contributed by atoms with E-state index >= 15 is 0 Å². The van der Waals surface area contributed by atoms with Gasteiger partial charge in [0.2, 0.25) is 5.91 Å². The normalized spacial score (nSPS) is 20.8. The molecule has 0 bridgehead atoms. The Morgan fingerprint density at radius 3 is 2.29 bits per heavy atom. The van der Waals surface area contributed by atoms with Gasteiger partial charge in [0.1, 0.15) is 0 Å². The molecule has 2 saturated carbocycles. The number of carboxylic acids is 1. The van der Waals surface area contributed by atoms with Crippen LogP contribution in [0.5, 0.6) is 0 Å². The lowest BCUT2D eigenvalue weighted by Gasteiger charge is -2.20. The van der Waals surface area contributed by atoms with Gasteiger partial charge in [-0.2, -0.15) is 0 Å². The van der Waals surface area contributed by atoms with Crippen LogP contribution in [0.15, 0.2) is 0 Å². The quantitative estimate of drug-likeness (QED) is 0.713. The molecule has 0 heterocycles. The second-order valence-corrected chi connectivity index (χ2v) is 5.08. The van der Waals surface area contributed by atoms with Crippen molar-refractivity contribution in [2.45, 2.75) is 50.6 Å². The second kappa shape index (κ2) is 5.49. The van der Waals surface area contributed by atoms with Gasteiger partial charge in [-0.25, -0.2) is 0 Å². The fourth-order valence-corrected chi connectivity index (χ4v) is 2.46. The van der Waals surface area contributed by atoms with E-state index in [4.69, 9.17) is 5.11 Å². The fraction of sp³-hybridized carbons (Fsp3) is 0.833. The zero-order chi connectivity index (χ0) is 12.3. The van der Waals surface area contributed by atoms with Crippen molar-refractivity contribution in [3.63, 3.8) is 0 Å². The molecule has 0 aromatic carbocycles. The summed E-state index contributed by atoms with van der Waals surface area (Å²) in [6.45, 7) is 0.205. The maximum absolute atomic E-state index is 11.8. The molecule has 2 fully saturated rings. The highest BCUT2D eigenvalue weighted by Gasteiger charge is 2.32. The molecule has 96 valence electrons. The molecular weight excluding hydrogens is 220 g/mol. The SMILES string of the molecule is O=C(O)CN(CC(=O)NC1CCCC1)C1CC1. The van der Waals surface area contributed by atoms with Crippen molar-refractivity contribution in [3.05, 3.63) is 0 Å². The Balaban J connectivity index is 1.76. The molecule has 0 radical (unpaired) electrons. The van der Waals surface area contributed by atoms with Crippen molar-refractivity contribution in [1.82, 2.24) is 10.2 Å². The summed E-state index contributed by atoms with van der Waals surface area (Å²) in [4.78, 5) is 24.2. The smallest absolute Gasteiger partial charge is 0.317 e. The number of carboxylic acid groups (broad SMARTS) is 1. The number of carbonyl (C=O) groups excluding carboxylic acids is 1. The van der Waals surface area contributed by atoms with E-state index in [1.807, 2.05) is 0 Å². The Morgan fingerprint density at radius 1 is 1.12 bits per heavy atom. The predicted molar refractivity (Wildman–Crippen MR) is 62.6 cm³/mol. The molecule has 17 heavy (non-hydrogen) atoms. The zero-order valence-electron chi connectivity index (χ0n) is 10.0. The van der Waals surface area contributed by atoms with Crippen LogP contribution in [0.2, 0.25) is 0 Å². The summed E-state index contributed by atoms with van der Waals surface area (Å²) >= 11 is 0. The van der Waals surface area contributed by atoms with Crippen LogP contribution in [-0.4, -0.2) is 47.1 Å². The monoisotopic (exact) mass is 240 g/mol. The average Bonchev–Trinajstić information content (AvgIpc) is 2.97. The highest BCUT2D eigenvalue weighted by Crippen LogP contribution is 2.26. The van der Waals surface area contributed by atoms with E-state index in [9.17, 15) is 9.59 Å². The van der Waals surface area contributed by atoms with Gasteiger partial charge in [0.15, 0.2) is 0 Å². The van der Waals surface area contributed by atoms with Gasteiger partial charge in [-0.05, 0) is 25.7 Å². The van der Waals surface area contributed by atoms with Crippen LogP contribution in [0.25, 0.3) is 0 Å². The third-order valence-electron chi connectivity index (χ3n) is 3.47. The summed E-state index contributed by atoms with van der Waals surface area (Å²) < 4.78 is 0. The summed E-state index contributed by atoms with van der Waals surface area (Å²) in [5.41, 5.74) is 0. The van der Waals surface area contributed by atoms with E-state index in [1.54, 1.807) is 4.90 Å². The third kappa shape index (κ3) is 4.00. The molecule has 1 amide bonds. The van der Waals surface area contributed by atoms with Crippen LogP contribution in [0.3, 0.4) is 0 Å². The minimum Gasteiger partial charge on any atom is -0.480 e. The molecule has 5 nitrogen and oxygen atoms in total. The number of nitrogens with zero attached hydrogens (tertiary/aromatic N) is 1. The minimum absolute atomic E-state index is 0.0231. The molecule has 0 aromatic heterocycles. The van der Waals surface area contributed by atoms with Gasteiger partial charge in [0.05, 0.1) is 13.1 Å². The van der Waals surface area contributed by atoms with Gasteiger partial charge < -0.3 is 10.4 Å². The van der Waals surface area contributed by atoms with Gasteiger partial charge in [-0.3, -0.25) is 14.5 Å². The predicted octanol–water partition coefficient (Wildman–Crippen LogP) is 0.594. The Bertz CT molecular complexity index is 296. The van der Waals surface area contributed by atoms with Crippen molar-refractivity contribution in [1.29, 1.82) is 0 Å². The lowest BCUT2D eigenvalue weighted by molar-refractivity contribution is -0.139. The van der Waals surface area contributed by atoms with Crippen molar-refractivity contribution < 1.29 is 14.7 Å². The van der Waals surface area contributed by atoms with E-state index in [0.29, 0.717) is 12.1 Å². The number of aliphatic carboxylic acids is 1. The fourth-order valence-electron chi connectivity index (χ4n) is 2.46. The van der Waals surface area contributed by atoms with Gasteiger partial charge in [0.25, 0.3) is 0 Å². The third-order valence-corrected chi connectivity index (χ3v) is 3.47. The molecule has 0 aromatic rings. The highest BCUT2D eigenvalue weighted by molar-refractivity contribution is 5.79. The summed E-state index contributed by atoms with van der Waals surface area (Å²) in [5, 5.41) is 11.8. The molecule has 0 atom stereocenters. The first-order chi connectivity index (χ1) is 8.15. The van der Waals surface area contributed by atoms with Crippen LogP contribution >= 0.6 is 0 Å². The average molecular weight is 240 g/mol. The number of nitrogens with one attached hydrogen (secondary N) is 1. The van der Waals surface area contributed by atoms with E-state index < -0.39 is 5.97 Å². The van der Waals surface area contributed by atoms with E-state index in [2.05, 4.69) is 5.32 Å². The van der Waals surface area contributed by atoms with Crippen LogP contribution in [0, 0.1) is 0 Å². The highest BCUT2D eigenvalue weighted by atomic mass is 16.4. The van der Waals surface area contributed by atoms with Crippen molar-refractivity contribution in [2.24, 2.45) is 0 Å². The van der Waals surface area contributed by atoms with Crippen molar-refractivity contribution in [2.75, 3.05) is 13.1 Å². The number of rotatable bonds is 6. The molecule has 5 heteroatoms. The van der Waals surface area contributed by atoms with Crippen molar-refractivity contribution in [3.8, 4) is 0 Å². The molecule has 2 aliphatic carbocycles. The lowest BCUT2D eigenvalue weighted by Crippen LogP contribution is -2.43. The summed E-state index contributed by atoms with van der Waals surface area (Å²) in [5.74, 6) is -0.879. The molecule has 0 spiro atoms. The van der Waals surface area contributed by atoms with Crippen LogP contribution in [-0.2, 0) is 9.59 Å². The molecule has 0 unspecified atom stereocenters. The number of carbonyl (C=O) groups is 2. The molecule has 2 N–H and O–H groups in total. The first-order valence-corrected chi connectivity index (χ1v) is 6.40. The molecular formula is C12H20N2O3. The molecule has 0 aliphatic heterocycles.